The van der Waals surface area contributed by atoms with Gasteiger partial charge in [0, 0.05) is 5.56 Å². The minimum atomic E-state index is -5.32. The standard InChI is InChI=1S/C11H5F6NO3/c12-10(13,14)4-1-5(8(19)9(20)21)6(3-18)7(2-4)11(15,16)17/h1-2,8,19H,(H,20,21). The van der Waals surface area contributed by atoms with E-state index >= 15 is 0 Å². The number of aliphatic carboxylic acids is 1. The van der Waals surface area contributed by atoms with Crippen LogP contribution in [0.15, 0.2) is 12.1 Å². The summed E-state index contributed by atoms with van der Waals surface area (Å²) in [4.78, 5) is 10.6. The fourth-order valence-electron chi connectivity index (χ4n) is 1.53. The number of hydrogen-bond acceptors (Lipinski definition) is 3. The minimum absolute atomic E-state index is 0.00653. The Morgan fingerprint density at radius 3 is 2.00 bits per heavy atom. The Morgan fingerprint density at radius 2 is 1.67 bits per heavy atom. The number of aliphatic hydroxyl groups excluding tert-OH is 1. The summed E-state index contributed by atoms with van der Waals surface area (Å²) in [6.07, 6.45) is -13.2. The summed E-state index contributed by atoms with van der Waals surface area (Å²) >= 11 is 0. The predicted molar refractivity (Wildman–Crippen MR) is 53.8 cm³/mol. The SMILES string of the molecule is N#Cc1c(C(O)C(=O)O)cc(C(F)(F)F)cc1C(F)(F)F. The Labute approximate surface area is 112 Å². The highest BCUT2D eigenvalue weighted by molar-refractivity contribution is 5.75. The van der Waals surface area contributed by atoms with Crippen LogP contribution in [0.25, 0.3) is 0 Å². The second-order valence-electron chi connectivity index (χ2n) is 3.84. The largest absolute Gasteiger partial charge is 0.479 e. The first kappa shape index (κ1) is 16.8. The molecule has 0 aliphatic heterocycles. The van der Waals surface area contributed by atoms with Gasteiger partial charge in [0.25, 0.3) is 0 Å². The van der Waals surface area contributed by atoms with Crippen LogP contribution in [-0.2, 0) is 17.1 Å². The Bertz CT molecular complexity index is 614. The number of aliphatic hydroxyl groups is 1. The summed E-state index contributed by atoms with van der Waals surface area (Å²) < 4.78 is 75.8. The number of hydrogen-bond donors (Lipinski definition) is 2. The van der Waals surface area contributed by atoms with Gasteiger partial charge in [0.1, 0.15) is 6.07 Å². The molecular formula is C11H5F6NO3. The fourth-order valence-corrected chi connectivity index (χ4v) is 1.53. The minimum Gasteiger partial charge on any atom is -0.479 e. The lowest BCUT2D eigenvalue weighted by Crippen LogP contribution is -2.19. The zero-order valence-corrected chi connectivity index (χ0v) is 9.75. The first-order chi connectivity index (χ1) is 9.39. The molecule has 10 heteroatoms. The Balaban J connectivity index is 3.78. The summed E-state index contributed by atoms with van der Waals surface area (Å²) in [5, 5.41) is 26.4. The third-order valence-electron chi connectivity index (χ3n) is 2.44. The Kier molecular flexibility index (Phi) is 4.19. The molecule has 0 heterocycles. The van der Waals surface area contributed by atoms with E-state index in [1.165, 1.54) is 0 Å². The van der Waals surface area contributed by atoms with Crippen molar-refractivity contribution in [3.63, 3.8) is 0 Å². The monoisotopic (exact) mass is 313 g/mol. The van der Waals surface area contributed by atoms with Crippen LogP contribution in [0.4, 0.5) is 26.3 Å². The molecule has 2 N–H and O–H groups in total. The lowest BCUT2D eigenvalue weighted by Gasteiger charge is -2.17. The first-order valence-corrected chi connectivity index (χ1v) is 5.03. The molecule has 0 aliphatic rings. The van der Waals surface area contributed by atoms with E-state index in [9.17, 15) is 36.2 Å². The molecule has 1 rings (SSSR count). The van der Waals surface area contributed by atoms with E-state index in [4.69, 9.17) is 10.4 Å². The van der Waals surface area contributed by atoms with Gasteiger partial charge in [-0.2, -0.15) is 31.6 Å². The van der Waals surface area contributed by atoms with Crippen molar-refractivity contribution in [2.24, 2.45) is 0 Å². The fraction of sp³-hybridized carbons (Fsp3) is 0.273. The van der Waals surface area contributed by atoms with Crippen molar-refractivity contribution >= 4 is 5.97 Å². The molecule has 114 valence electrons. The zero-order chi connectivity index (χ0) is 16.6. The number of carboxylic acids is 1. The van der Waals surface area contributed by atoms with Crippen molar-refractivity contribution < 1.29 is 41.4 Å². The molecule has 0 spiro atoms. The zero-order valence-electron chi connectivity index (χ0n) is 9.75. The van der Waals surface area contributed by atoms with Crippen molar-refractivity contribution in [1.29, 1.82) is 5.26 Å². The first-order valence-electron chi connectivity index (χ1n) is 5.03. The van der Waals surface area contributed by atoms with E-state index in [1.54, 1.807) is 0 Å². The molecule has 1 aromatic rings. The van der Waals surface area contributed by atoms with E-state index in [0.29, 0.717) is 0 Å². The molecule has 0 amide bonds. The molecule has 0 bridgehead atoms. The second-order valence-corrected chi connectivity index (χ2v) is 3.84. The van der Waals surface area contributed by atoms with Crippen LogP contribution in [0.2, 0.25) is 0 Å². The molecule has 0 saturated carbocycles. The summed E-state index contributed by atoms with van der Waals surface area (Å²) in [5.74, 6) is -2.08. The maximum atomic E-state index is 12.7. The summed E-state index contributed by atoms with van der Waals surface area (Å²) in [5.41, 5.74) is -6.42. The normalized spacial score (nSPS) is 13.6. The molecule has 1 unspecified atom stereocenters. The van der Waals surface area contributed by atoms with Gasteiger partial charge in [0.05, 0.1) is 16.7 Å². The quantitative estimate of drug-likeness (QED) is 0.823. The molecule has 1 aromatic carbocycles. The second kappa shape index (κ2) is 5.25. The maximum Gasteiger partial charge on any atom is 0.417 e. The van der Waals surface area contributed by atoms with Gasteiger partial charge in [-0.05, 0) is 12.1 Å². The van der Waals surface area contributed by atoms with Gasteiger partial charge in [-0.25, -0.2) is 4.79 Å². The molecule has 0 aliphatic carbocycles. The van der Waals surface area contributed by atoms with Crippen LogP contribution in [0.1, 0.15) is 28.4 Å². The van der Waals surface area contributed by atoms with Crippen molar-refractivity contribution in [2.75, 3.05) is 0 Å². The van der Waals surface area contributed by atoms with Crippen molar-refractivity contribution in [2.45, 2.75) is 18.5 Å². The molecule has 0 saturated heterocycles. The van der Waals surface area contributed by atoms with Gasteiger partial charge in [-0.15, -0.1) is 0 Å². The topological polar surface area (TPSA) is 81.3 Å². The maximum absolute atomic E-state index is 12.7. The van der Waals surface area contributed by atoms with E-state index in [0.717, 1.165) is 6.07 Å². The average molecular weight is 313 g/mol. The lowest BCUT2D eigenvalue weighted by atomic mass is 9.94. The van der Waals surface area contributed by atoms with Crippen molar-refractivity contribution in [3.8, 4) is 6.07 Å². The van der Waals surface area contributed by atoms with Crippen LogP contribution in [-0.4, -0.2) is 16.2 Å². The van der Waals surface area contributed by atoms with Gasteiger partial charge < -0.3 is 10.2 Å². The molecule has 0 radical (unpaired) electrons. The molecule has 0 fully saturated rings. The van der Waals surface area contributed by atoms with E-state index in [1.807, 2.05) is 0 Å². The van der Waals surface area contributed by atoms with Crippen molar-refractivity contribution in [1.82, 2.24) is 0 Å². The molecule has 21 heavy (non-hydrogen) atoms. The highest BCUT2D eigenvalue weighted by Crippen LogP contribution is 2.40. The van der Waals surface area contributed by atoms with Crippen LogP contribution >= 0.6 is 0 Å². The number of nitriles is 1. The number of halogens is 6. The molecule has 4 nitrogen and oxygen atoms in total. The van der Waals surface area contributed by atoms with E-state index < -0.39 is 46.7 Å². The van der Waals surface area contributed by atoms with Crippen molar-refractivity contribution in [3.05, 3.63) is 34.4 Å². The smallest absolute Gasteiger partial charge is 0.417 e. The van der Waals surface area contributed by atoms with Crippen LogP contribution in [0.5, 0.6) is 0 Å². The predicted octanol–water partition coefficient (Wildman–Crippen LogP) is 2.71. The Morgan fingerprint density at radius 1 is 1.14 bits per heavy atom. The number of carbonyl (C=O) groups is 1. The molecule has 1 atom stereocenters. The van der Waals surface area contributed by atoms with Gasteiger partial charge in [0.2, 0.25) is 0 Å². The summed E-state index contributed by atoms with van der Waals surface area (Å²) in [7, 11) is 0. The van der Waals surface area contributed by atoms with E-state index in [-0.39, 0.29) is 12.1 Å². The van der Waals surface area contributed by atoms with Gasteiger partial charge >= 0.3 is 18.3 Å². The molecule has 0 aromatic heterocycles. The summed E-state index contributed by atoms with van der Waals surface area (Å²) in [6, 6.07) is 0.672. The van der Waals surface area contributed by atoms with E-state index in [2.05, 4.69) is 0 Å². The van der Waals surface area contributed by atoms with Crippen LogP contribution in [0, 0.1) is 11.3 Å². The highest BCUT2D eigenvalue weighted by Gasteiger charge is 2.41. The third kappa shape index (κ3) is 3.43. The van der Waals surface area contributed by atoms with Gasteiger partial charge in [-0.1, -0.05) is 0 Å². The van der Waals surface area contributed by atoms with Crippen LogP contribution < -0.4 is 0 Å². The average Bonchev–Trinajstić information content (AvgIpc) is 2.33. The van der Waals surface area contributed by atoms with Gasteiger partial charge in [-0.3, -0.25) is 0 Å². The number of alkyl halides is 6. The molecular weight excluding hydrogens is 308 g/mol. The van der Waals surface area contributed by atoms with Crippen LogP contribution in [0.3, 0.4) is 0 Å². The number of carboxylic acid groups (broad SMARTS) is 1. The number of rotatable bonds is 2. The number of nitrogens with zero attached hydrogens (tertiary/aromatic N) is 1. The van der Waals surface area contributed by atoms with Gasteiger partial charge in [0.15, 0.2) is 6.10 Å². The Hall–Kier alpha value is -2.28. The highest BCUT2D eigenvalue weighted by atomic mass is 19.4. The number of benzene rings is 1. The third-order valence-corrected chi connectivity index (χ3v) is 2.44. The summed E-state index contributed by atoms with van der Waals surface area (Å²) in [6.45, 7) is 0. The lowest BCUT2D eigenvalue weighted by molar-refractivity contribution is -0.148.